The van der Waals surface area contributed by atoms with Crippen molar-refractivity contribution in [3.8, 4) is 23.8 Å². The predicted molar refractivity (Wildman–Crippen MR) is 67.8 cm³/mol. The van der Waals surface area contributed by atoms with E-state index in [1.807, 2.05) is 0 Å². The van der Waals surface area contributed by atoms with Crippen molar-refractivity contribution in [1.82, 2.24) is 4.98 Å². The van der Waals surface area contributed by atoms with E-state index in [0.717, 1.165) is 5.39 Å². The van der Waals surface area contributed by atoms with E-state index in [1.165, 1.54) is 0 Å². The van der Waals surface area contributed by atoms with Crippen LogP contribution in [0.5, 0.6) is 11.5 Å². The number of hydrogen-bond acceptors (Lipinski definition) is 3. The van der Waals surface area contributed by atoms with E-state index in [2.05, 4.69) is 10.9 Å². The van der Waals surface area contributed by atoms with E-state index in [-0.39, 0.29) is 0 Å². The summed E-state index contributed by atoms with van der Waals surface area (Å²) >= 11 is 6.19. The number of ether oxygens (including phenoxy) is 2. The Hall–Kier alpha value is -1.92. The van der Waals surface area contributed by atoms with Gasteiger partial charge in [0.25, 0.3) is 0 Å². The molecule has 0 aliphatic carbocycles. The van der Waals surface area contributed by atoms with Crippen LogP contribution in [0.15, 0.2) is 18.3 Å². The number of halogens is 1. The van der Waals surface area contributed by atoms with Crippen LogP contribution in [-0.4, -0.2) is 19.2 Å². The molecule has 0 saturated carbocycles. The summed E-state index contributed by atoms with van der Waals surface area (Å²) in [6, 6.07) is 3.53. The lowest BCUT2D eigenvalue weighted by Gasteiger charge is -2.10. The quantitative estimate of drug-likeness (QED) is 0.765. The minimum absolute atomic E-state index is 0.499. The lowest BCUT2D eigenvalue weighted by molar-refractivity contribution is 0.356. The topological polar surface area (TPSA) is 31.4 Å². The molecule has 17 heavy (non-hydrogen) atoms. The third kappa shape index (κ3) is 1.88. The first-order valence-corrected chi connectivity index (χ1v) is 5.26. The molecule has 0 aliphatic heterocycles. The molecule has 0 N–H and O–H groups in total. The first-order valence-electron chi connectivity index (χ1n) is 4.88. The first kappa shape index (κ1) is 11.6. The molecule has 0 radical (unpaired) electrons. The van der Waals surface area contributed by atoms with Gasteiger partial charge in [-0.2, -0.15) is 0 Å². The Morgan fingerprint density at radius 3 is 2.47 bits per heavy atom. The van der Waals surface area contributed by atoms with Gasteiger partial charge in [-0.1, -0.05) is 17.5 Å². The molecule has 0 unspecified atom stereocenters. The number of methoxy groups -OCH3 is 2. The molecule has 0 amide bonds. The van der Waals surface area contributed by atoms with Crippen LogP contribution < -0.4 is 9.47 Å². The Balaban J connectivity index is 2.80. The Kier molecular flexibility index (Phi) is 3.08. The Morgan fingerprint density at radius 2 is 1.88 bits per heavy atom. The minimum atomic E-state index is 0.499. The molecule has 1 aromatic carbocycles. The van der Waals surface area contributed by atoms with E-state index in [9.17, 15) is 0 Å². The van der Waals surface area contributed by atoms with Crippen molar-refractivity contribution in [2.75, 3.05) is 14.2 Å². The first-order chi connectivity index (χ1) is 8.21. The standard InChI is InChI=1S/C13H10ClNO2/c1-4-8-7-15-10-6-12(17-3)11(16-2)5-9(10)13(8)14/h1,5-7H,2-3H3. The summed E-state index contributed by atoms with van der Waals surface area (Å²) < 4.78 is 10.4. The highest BCUT2D eigenvalue weighted by molar-refractivity contribution is 6.36. The Bertz CT molecular complexity index is 617. The number of aromatic nitrogens is 1. The van der Waals surface area contributed by atoms with Crippen LogP contribution >= 0.6 is 11.6 Å². The molecule has 1 heterocycles. The lowest BCUT2D eigenvalue weighted by atomic mass is 10.1. The molecular formula is C13H10ClNO2. The Labute approximate surface area is 104 Å². The fraction of sp³-hybridized carbons (Fsp3) is 0.154. The largest absolute Gasteiger partial charge is 0.493 e. The molecule has 0 bridgehead atoms. The fourth-order valence-electron chi connectivity index (χ4n) is 1.59. The zero-order valence-electron chi connectivity index (χ0n) is 9.45. The number of pyridine rings is 1. The second kappa shape index (κ2) is 4.52. The van der Waals surface area contributed by atoms with Gasteiger partial charge < -0.3 is 9.47 Å². The van der Waals surface area contributed by atoms with Gasteiger partial charge in [0.05, 0.1) is 30.3 Å². The lowest BCUT2D eigenvalue weighted by Crippen LogP contribution is -1.92. The summed E-state index contributed by atoms with van der Waals surface area (Å²) in [5.41, 5.74) is 1.28. The molecule has 3 nitrogen and oxygen atoms in total. The van der Waals surface area contributed by atoms with Gasteiger partial charge in [0.2, 0.25) is 0 Å². The molecule has 0 spiro atoms. The number of benzene rings is 1. The average molecular weight is 248 g/mol. The second-order valence-electron chi connectivity index (χ2n) is 3.35. The molecular weight excluding hydrogens is 238 g/mol. The van der Waals surface area contributed by atoms with Gasteiger partial charge in [0.1, 0.15) is 0 Å². The summed E-state index contributed by atoms with van der Waals surface area (Å²) in [7, 11) is 3.14. The molecule has 0 fully saturated rings. The van der Waals surface area contributed by atoms with Crippen molar-refractivity contribution in [2.24, 2.45) is 0 Å². The van der Waals surface area contributed by atoms with Crippen molar-refractivity contribution in [3.05, 3.63) is 28.9 Å². The molecule has 1 aromatic heterocycles. The van der Waals surface area contributed by atoms with E-state index >= 15 is 0 Å². The van der Waals surface area contributed by atoms with Crippen LogP contribution in [0.25, 0.3) is 10.9 Å². The molecule has 0 saturated heterocycles. The monoisotopic (exact) mass is 247 g/mol. The predicted octanol–water partition coefficient (Wildman–Crippen LogP) is 2.89. The molecule has 2 aromatic rings. The zero-order valence-corrected chi connectivity index (χ0v) is 10.2. The third-order valence-electron chi connectivity index (χ3n) is 2.46. The van der Waals surface area contributed by atoms with E-state index in [0.29, 0.717) is 27.6 Å². The molecule has 0 atom stereocenters. The maximum absolute atomic E-state index is 6.19. The third-order valence-corrected chi connectivity index (χ3v) is 2.87. The minimum Gasteiger partial charge on any atom is -0.493 e. The second-order valence-corrected chi connectivity index (χ2v) is 3.73. The summed E-state index contributed by atoms with van der Waals surface area (Å²) in [4.78, 5) is 4.23. The highest BCUT2D eigenvalue weighted by Crippen LogP contribution is 2.35. The van der Waals surface area contributed by atoms with Gasteiger partial charge in [-0.05, 0) is 6.07 Å². The maximum Gasteiger partial charge on any atom is 0.162 e. The normalized spacial score (nSPS) is 10.0. The van der Waals surface area contributed by atoms with E-state index in [4.69, 9.17) is 27.5 Å². The summed E-state index contributed by atoms with van der Waals surface area (Å²) in [6.45, 7) is 0. The SMILES string of the molecule is C#Cc1cnc2cc(OC)c(OC)cc2c1Cl. The summed E-state index contributed by atoms with van der Waals surface area (Å²) in [5.74, 6) is 3.69. The van der Waals surface area contributed by atoms with Gasteiger partial charge in [-0.15, -0.1) is 6.42 Å². The molecule has 86 valence electrons. The summed E-state index contributed by atoms with van der Waals surface area (Å²) in [5, 5.41) is 1.25. The number of fused-ring (bicyclic) bond motifs is 1. The van der Waals surface area contributed by atoms with Crippen LogP contribution in [0.2, 0.25) is 5.02 Å². The molecule has 4 heteroatoms. The highest BCUT2D eigenvalue weighted by atomic mass is 35.5. The molecule has 0 aliphatic rings. The molecule has 2 rings (SSSR count). The van der Waals surface area contributed by atoms with E-state index < -0.39 is 0 Å². The highest BCUT2D eigenvalue weighted by Gasteiger charge is 2.11. The van der Waals surface area contributed by atoms with Gasteiger partial charge in [0, 0.05) is 17.6 Å². The number of hydrogen-bond donors (Lipinski definition) is 0. The van der Waals surface area contributed by atoms with Crippen LogP contribution in [0.1, 0.15) is 5.56 Å². The van der Waals surface area contributed by atoms with Gasteiger partial charge >= 0.3 is 0 Å². The van der Waals surface area contributed by atoms with Gasteiger partial charge in [0.15, 0.2) is 11.5 Å². The number of nitrogens with zero attached hydrogens (tertiary/aromatic N) is 1. The van der Waals surface area contributed by atoms with Gasteiger partial charge in [-0.25, -0.2) is 0 Å². The zero-order chi connectivity index (χ0) is 12.4. The smallest absolute Gasteiger partial charge is 0.162 e. The Morgan fingerprint density at radius 1 is 1.24 bits per heavy atom. The summed E-state index contributed by atoms with van der Waals surface area (Å²) in [6.07, 6.45) is 6.90. The number of terminal acetylenes is 1. The maximum atomic E-state index is 6.19. The van der Waals surface area contributed by atoms with Crippen molar-refractivity contribution in [1.29, 1.82) is 0 Å². The van der Waals surface area contributed by atoms with Crippen molar-refractivity contribution < 1.29 is 9.47 Å². The van der Waals surface area contributed by atoms with Crippen LogP contribution in [0.4, 0.5) is 0 Å². The van der Waals surface area contributed by atoms with Crippen LogP contribution in [-0.2, 0) is 0 Å². The number of rotatable bonds is 2. The van der Waals surface area contributed by atoms with Crippen LogP contribution in [0.3, 0.4) is 0 Å². The van der Waals surface area contributed by atoms with Crippen molar-refractivity contribution in [2.45, 2.75) is 0 Å². The van der Waals surface area contributed by atoms with Gasteiger partial charge in [-0.3, -0.25) is 4.98 Å². The van der Waals surface area contributed by atoms with Crippen LogP contribution in [0, 0.1) is 12.3 Å². The average Bonchev–Trinajstić information content (AvgIpc) is 2.38. The van der Waals surface area contributed by atoms with E-state index in [1.54, 1.807) is 32.5 Å². The van der Waals surface area contributed by atoms with Crippen molar-refractivity contribution in [3.63, 3.8) is 0 Å². The van der Waals surface area contributed by atoms with Crippen molar-refractivity contribution >= 4 is 22.5 Å². The fourth-order valence-corrected chi connectivity index (χ4v) is 1.84.